The summed E-state index contributed by atoms with van der Waals surface area (Å²) in [6.45, 7) is 14.7. The van der Waals surface area contributed by atoms with Gasteiger partial charge in [-0.3, -0.25) is 4.90 Å². The van der Waals surface area contributed by atoms with Crippen LogP contribution in [0.15, 0.2) is 24.3 Å². The summed E-state index contributed by atoms with van der Waals surface area (Å²) in [5, 5.41) is 10.3. The Labute approximate surface area is 129 Å². The van der Waals surface area contributed by atoms with Crippen LogP contribution in [0.3, 0.4) is 0 Å². The van der Waals surface area contributed by atoms with Crippen LogP contribution in [-0.4, -0.2) is 34.7 Å². The third-order valence-electron chi connectivity index (χ3n) is 3.64. The van der Waals surface area contributed by atoms with Gasteiger partial charge in [-0.1, -0.05) is 19.1 Å². The normalized spacial score (nSPS) is 13.8. The van der Waals surface area contributed by atoms with Gasteiger partial charge in [-0.15, -0.1) is 0 Å². The zero-order valence-corrected chi connectivity index (χ0v) is 14.4. The van der Waals surface area contributed by atoms with Crippen LogP contribution in [0.4, 0.5) is 0 Å². The summed E-state index contributed by atoms with van der Waals surface area (Å²) in [7, 11) is 0. The van der Waals surface area contributed by atoms with E-state index in [1.54, 1.807) is 0 Å². The molecule has 1 N–H and O–H groups in total. The van der Waals surface area contributed by atoms with E-state index in [4.69, 9.17) is 4.74 Å². The standard InChI is InChI=1S/C18H31NO2/c1-7-19(18(4,5)6)13-12-17(20)15-8-10-16(11-9-15)21-14(2)3/h8-11,14,17,20H,7,12-13H2,1-6H3. The van der Waals surface area contributed by atoms with Crippen molar-refractivity contribution in [2.24, 2.45) is 0 Å². The SMILES string of the molecule is CCN(CCC(O)c1ccc(OC(C)C)cc1)C(C)(C)C. The number of aliphatic hydroxyl groups excluding tert-OH is 1. The molecule has 0 heterocycles. The maximum atomic E-state index is 10.3. The molecule has 0 aliphatic carbocycles. The molecule has 3 heteroatoms. The van der Waals surface area contributed by atoms with Gasteiger partial charge in [0.15, 0.2) is 0 Å². The Kier molecular flexibility index (Phi) is 6.69. The molecular formula is C18H31NO2. The maximum Gasteiger partial charge on any atom is 0.119 e. The van der Waals surface area contributed by atoms with Gasteiger partial charge in [0.05, 0.1) is 12.2 Å². The van der Waals surface area contributed by atoms with Gasteiger partial charge in [0, 0.05) is 12.1 Å². The molecule has 21 heavy (non-hydrogen) atoms. The Morgan fingerprint density at radius 3 is 2.14 bits per heavy atom. The number of rotatable bonds is 7. The Hall–Kier alpha value is -1.06. The van der Waals surface area contributed by atoms with Crippen molar-refractivity contribution >= 4 is 0 Å². The van der Waals surface area contributed by atoms with E-state index in [1.807, 2.05) is 38.1 Å². The predicted molar refractivity (Wildman–Crippen MR) is 88.8 cm³/mol. The second-order valence-corrected chi connectivity index (χ2v) is 6.79. The van der Waals surface area contributed by atoms with Crippen molar-refractivity contribution in [2.75, 3.05) is 13.1 Å². The van der Waals surface area contributed by atoms with Gasteiger partial charge in [0.25, 0.3) is 0 Å². The van der Waals surface area contributed by atoms with Gasteiger partial charge in [-0.05, 0) is 65.3 Å². The molecule has 0 aliphatic heterocycles. The summed E-state index contributed by atoms with van der Waals surface area (Å²) in [4.78, 5) is 2.38. The van der Waals surface area contributed by atoms with Crippen LogP contribution < -0.4 is 4.74 Å². The monoisotopic (exact) mass is 293 g/mol. The zero-order valence-electron chi connectivity index (χ0n) is 14.4. The van der Waals surface area contributed by atoms with Crippen molar-refractivity contribution in [3.8, 4) is 5.75 Å². The van der Waals surface area contributed by atoms with Crippen LogP contribution in [0.1, 0.15) is 59.6 Å². The fourth-order valence-electron chi connectivity index (χ4n) is 2.45. The predicted octanol–water partition coefficient (Wildman–Crippen LogP) is 4.02. The molecule has 0 fully saturated rings. The van der Waals surface area contributed by atoms with E-state index in [-0.39, 0.29) is 11.6 Å². The molecule has 1 atom stereocenters. The molecule has 0 saturated heterocycles. The van der Waals surface area contributed by atoms with Gasteiger partial charge in [-0.2, -0.15) is 0 Å². The second-order valence-electron chi connectivity index (χ2n) is 6.79. The van der Waals surface area contributed by atoms with Crippen molar-refractivity contribution in [1.29, 1.82) is 0 Å². The van der Waals surface area contributed by atoms with Crippen molar-refractivity contribution in [3.05, 3.63) is 29.8 Å². The lowest BCUT2D eigenvalue weighted by Gasteiger charge is -2.35. The van der Waals surface area contributed by atoms with E-state index >= 15 is 0 Å². The highest BCUT2D eigenvalue weighted by molar-refractivity contribution is 5.28. The molecule has 120 valence electrons. The summed E-state index contributed by atoms with van der Waals surface area (Å²) in [5.41, 5.74) is 1.10. The smallest absolute Gasteiger partial charge is 0.119 e. The molecule has 3 nitrogen and oxygen atoms in total. The van der Waals surface area contributed by atoms with Crippen LogP contribution >= 0.6 is 0 Å². The first kappa shape index (κ1) is 18.0. The first-order chi connectivity index (χ1) is 9.74. The first-order valence-corrected chi connectivity index (χ1v) is 7.93. The van der Waals surface area contributed by atoms with E-state index in [9.17, 15) is 5.11 Å². The van der Waals surface area contributed by atoms with Crippen molar-refractivity contribution in [1.82, 2.24) is 4.90 Å². The van der Waals surface area contributed by atoms with E-state index in [2.05, 4.69) is 32.6 Å². The van der Waals surface area contributed by atoms with Crippen molar-refractivity contribution in [3.63, 3.8) is 0 Å². The molecular weight excluding hydrogens is 262 g/mol. The lowest BCUT2D eigenvalue weighted by Crippen LogP contribution is -2.42. The Bertz CT molecular complexity index is 406. The molecule has 0 spiro atoms. The molecule has 0 bridgehead atoms. The number of benzene rings is 1. The number of hydrogen-bond donors (Lipinski definition) is 1. The zero-order chi connectivity index (χ0) is 16.0. The Balaban J connectivity index is 2.57. The van der Waals surface area contributed by atoms with E-state index < -0.39 is 6.10 Å². The molecule has 0 amide bonds. The largest absolute Gasteiger partial charge is 0.491 e. The molecule has 0 aromatic heterocycles. The Morgan fingerprint density at radius 2 is 1.71 bits per heavy atom. The summed E-state index contributed by atoms with van der Waals surface area (Å²) >= 11 is 0. The third-order valence-corrected chi connectivity index (χ3v) is 3.64. The first-order valence-electron chi connectivity index (χ1n) is 7.93. The highest BCUT2D eigenvalue weighted by atomic mass is 16.5. The fourth-order valence-corrected chi connectivity index (χ4v) is 2.45. The molecule has 0 saturated carbocycles. The number of ether oxygens (including phenoxy) is 1. The van der Waals surface area contributed by atoms with Crippen LogP contribution in [0.2, 0.25) is 0 Å². The van der Waals surface area contributed by atoms with Crippen LogP contribution in [0.25, 0.3) is 0 Å². The lowest BCUT2D eigenvalue weighted by atomic mass is 10.0. The highest BCUT2D eigenvalue weighted by Gasteiger charge is 2.20. The average Bonchev–Trinajstić information content (AvgIpc) is 2.37. The quantitative estimate of drug-likeness (QED) is 0.824. The number of hydrogen-bond acceptors (Lipinski definition) is 3. The highest BCUT2D eigenvalue weighted by Crippen LogP contribution is 2.22. The van der Waals surface area contributed by atoms with E-state index in [0.717, 1.165) is 30.8 Å². The summed E-state index contributed by atoms with van der Waals surface area (Å²) < 4.78 is 5.62. The lowest BCUT2D eigenvalue weighted by molar-refractivity contribution is 0.0997. The Morgan fingerprint density at radius 1 is 1.14 bits per heavy atom. The minimum Gasteiger partial charge on any atom is -0.491 e. The summed E-state index contributed by atoms with van der Waals surface area (Å²) in [5.74, 6) is 0.853. The molecule has 1 rings (SSSR count). The second kappa shape index (κ2) is 7.81. The van der Waals surface area contributed by atoms with Crippen LogP contribution in [-0.2, 0) is 0 Å². The van der Waals surface area contributed by atoms with Gasteiger partial charge >= 0.3 is 0 Å². The molecule has 1 aromatic rings. The molecule has 0 radical (unpaired) electrons. The van der Waals surface area contributed by atoms with Crippen LogP contribution in [0, 0.1) is 0 Å². The van der Waals surface area contributed by atoms with Crippen LogP contribution in [0.5, 0.6) is 5.75 Å². The minimum atomic E-state index is -0.422. The van der Waals surface area contributed by atoms with Gasteiger partial charge < -0.3 is 9.84 Å². The van der Waals surface area contributed by atoms with Gasteiger partial charge in [0.1, 0.15) is 5.75 Å². The van der Waals surface area contributed by atoms with Gasteiger partial charge in [-0.25, -0.2) is 0 Å². The molecule has 0 aliphatic rings. The fraction of sp³-hybridized carbons (Fsp3) is 0.667. The van der Waals surface area contributed by atoms with E-state index in [0.29, 0.717) is 0 Å². The topological polar surface area (TPSA) is 32.7 Å². The summed E-state index contributed by atoms with van der Waals surface area (Å²) in [6.07, 6.45) is 0.496. The molecule has 1 aromatic carbocycles. The minimum absolute atomic E-state index is 0.142. The van der Waals surface area contributed by atoms with Gasteiger partial charge in [0.2, 0.25) is 0 Å². The van der Waals surface area contributed by atoms with Crippen molar-refractivity contribution in [2.45, 2.75) is 65.7 Å². The maximum absolute atomic E-state index is 10.3. The summed E-state index contributed by atoms with van der Waals surface area (Å²) in [6, 6.07) is 7.77. The van der Waals surface area contributed by atoms with E-state index in [1.165, 1.54) is 0 Å². The molecule has 1 unspecified atom stereocenters. The third kappa shape index (κ3) is 6.06. The average molecular weight is 293 g/mol. The van der Waals surface area contributed by atoms with Crippen molar-refractivity contribution < 1.29 is 9.84 Å². The number of aliphatic hydroxyl groups is 1. The number of nitrogens with zero attached hydrogens (tertiary/aromatic N) is 1.